The molecule has 3 heteroatoms. The number of thioether (sulfide) groups is 1. The first-order chi connectivity index (χ1) is 6.24. The third-order valence-electron chi connectivity index (χ3n) is 2.52. The number of hydrogen-bond acceptors (Lipinski definition) is 2. The van der Waals surface area contributed by atoms with Gasteiger partial charge >= 0.3 is 0 Å². The van der Waals surface area contributed by atoms with Gasteiger partial charge in [-0.3, -0.25) is 0 Å². The zero-order valence-corrected chi connectivity index (χ0v) is 9.03. The molecule has 13 heavy (non-hydrogen) atoms. The molecule has 0 aromatic heterocycles. The van der Waals surface area contributed by atoms with Crippen molar-refractivity contribution in [2.75, 3.05) is 6.54 Å². The summed E-state index contributed by atoms with van der Waals surface area (Å²) in [7, 11) is 0. The molecule has 0 fully saturated rings. The molecule has 2 unspecified atom stereocenters. The van der Waals surface area contributed by atoms with Gasteiger partial charge in [-0.2, -0.15) is 0 Å². The average molecular weight is 214 g/mol. The van der Waals surface area contributed by atoms with Gasteiger partial charge in [-0.15, -0.1) is 11.8 Å². The molecule has 1 heterocycles. The Hall–Kier alpha value is -0.180. The van der Waals surface area contributed by atoms with Crippen LogP contribution in [-0.4, -0.2) is 11.8 Å². The fourth-order valence-electron chi connectivity index (χ4n) is 1.78. The lowest BCUT2D eigenvalue weighted by molar-refractivity contribution is 0.697. The Balaban J connectivity index is 2.48. The molecule has 0 aliphatic carbocycles. The summed E-state index contributed by atoms with van der Waals surface area (Å²) in [5.41, 5.74) is 7.06. The fraction of sp³-hybridized carbons (Fsp3) is 0.400. The SMILES string of the molecule is CC1Sc2c(Cl)cccc2C1CN. The summed E-state index contributed by atoms with van der Waals surface area (Å²) in [6, 6.07) is 6.08. The van der Waals surface area contributed by atoms with Crippen molar-refractivity contribution in [3.63, 3.8) is 0 Å². The highest BCUT2D eigenvalue weighted by atomic mass is 35.5. The van der Waals surface area contributed by atoms with Crippen molar-refractivity contribution in [3.05, 3.63) is 28.8 Å². The van der Waals surface area contributed by atoms with Gasteiger partial charge < -0.3 is 5.73 Å². The lowest BCUT2D eigenvalue weighted by Gasteiger charge is -2.11. The van der Waals surface area contributed by atoms with Crippen molar-refractivity contribution in [3.8, 4) is 0 Å². The summed E-state index contributed by atoms with van der Waals surface area (Å²) in [6.45, 7) is 2.92. The van der Waals surface area contributed by atoms with E-state index >= 15 is 0 Å². The van der Waals surface area contributed by atoms with Gasteiger partial charge in [0.2, 0.25) is 0 Å². The summed E-state index contributed by atoms with van der Waals surface area (Å²) >= 11 is 7.93. The predicted molar refractivity (Wildman–Crippen MR) is 58.6 cm³/mol. The third-order valence-corrected chi connectivity index (χ3v) is 4.34. The highest BCUT2D eigenvalue weighted by Crippen LogP contribution is 2.47. The monoisotopic (exact) mass is 213 g/mol. The molecule has 0 saturated heterocycles. The summed E-state index contributed by atoms with van der Waals surface area (Å²) in [6.07, 6.45) is 0. The van der Waals surface area contributed by atoms with Gasteiger partial charge in [0.05, 0.1) is 5.02 Å². The minimum absolute atomic E-state index is 0.471. The number of rotatable bonds is 1. The Bertz CT molecular complexity index is 327. The molecule has 2 atom stereocenters. The average Bonchev–Trinajstić information content (AvgIpc) is 2.43. The van der Waals surface area contributed by atoms with Crippen LogP contribution in [-0.2, 0) is 0 Å². The standard InChI is InChI=1S/C10H12ClNS/c1-6-8(5-12)7-3-2-4-9(11)10(7)13-6/h2-4,6,8H,5,12H2,1H3. The Morgan fingerprint density at radius 1 is 1.54 bits per heavy atom. The Kier molecular flexibility index (Phi) is 2.54. The maximum absolute atomic E-state index is 6.10. The van der Waals surface area contributed by atoms with E-state index in [1.165, 1.54) is 10.5 Å². The molecule has 0 bridgehead atoms. The van der Waals surface area contributed by atoms with Crippen LogP contribution in [0.2, 0.25) is 5.02 Å². The van der Waals surface area contributed by atoms with E-state index in [2.05, 4.69) is 13.0 Å². The lowest BCUT2D eigenvalue weighted by Crippen LogP contribution is -2.17. The topological polar surface area (TPSA) is 26.0 Å². The highest BCUT2D eigenvalue weighted by Gasteiger charge is 2.30. The zero-order valence-electron chi connectivity index (χ0n) is 7.46. The fourth-order valence-corrected chi connectivity index (χ4v) is 3.43. The molecule has 2 rings (SSSR count). The van der Waals surface area contributed by atoms with Crippen LogP contribution in [0.25, 0.3) is 0 Å². The van der Waals surface area contributed by atoms with Crippen LogP contribution in [0.5, 0.6) is 0 Å². The van der Waals surface area contributed by atoms with Gasteiger partial charge in [-0.25, -0.2) is 0 Å². The molecule has 0 saturated carbocycles. The Labute approximate surface area is 87.7 Å². The van der Waals surface area contributed by atoms with Gasteiger partial charge in [0, 0.05) is 22.6 Å². The molecule has 1 aromatic carbocycles. The molecule has 1 aliphatic rings. The van der Waals surface area contributed by atoms with E-state index < -0.39 is 0 Å². The molecule has 0 radical (unpaired) electrons. The van der Waals surface area contributed by atoms with Crippen LogP contribution < -0.4 is 5.73 Å². The van der Waals surface area contributed by atoms with Crippen LogP contribution in [0.4, 0.5) is 0 Å². The molecular weight excluding hydrogens is 202 g/mol. The quantitative estimate of drug-likeness (QED) is 0.777. The number of fused-ring (bicyclic) bond motifs is 1. The van der Waals surface area contributed by atoms with Gasteiger partial charge in [-0.1, -0.05) is 30.7 Å². The van der Waals surface area contributed by atoms with Crippen LogP contribution in [0.15, 0.2) is 23.1 Å². The van der Waals surface area contributed by atoms with E-state index in [1.54, 1.807) is 0 Å². The first-order valence-corrected chi connectivity index (χ1v) is 5.65. The Morgan fingerprint density at radius 3 is 3.00 bits per heavy atom. The molecular formula is C10H12ClNS. The molecule has 1 aliphatic heterocycles. The zero-order chi connectivity index (χ0) is 9.42. The molecule has 0 amide bonds. The van der Waals surface area contributed by atoms with Crippen LogP contribution in [0, 0.1) is 0 Å². The van der Waals surface area contributed by atoms with E-state index in [-0.39, 0.29) is 0 Å². The third kappa shape index (κ3) is 1.47. The maximum Gasteiger partial charge on any atom is 0.0544 e. The van der Waals surface area contributed by atoms with E-state index in [0.29, 0.717) is 17.7 Å². The van der Waals surface area contributed by atoms with Crippen molar-refractivity contribution >= 4 is 23.4 Å². The molecule has 1 aromatic rings. The van der Waals surface area contributed by atoms with E-state index in [9.17, 15) is 0 Å². The number of benzene rings is 1. The molecule has 2 N–H and O–H groups in total. The first kappa shape index (κ1) is 9.38. The molecule has 1 nitrogen and oxygen atoms in total. The van der Waals surface area contributed by atoms with E-state index in [4.69, 9.17) is 17.3 Å². The molecule has 0 spiro atoms. The predicted octanol–water partition coefficient (Wildman–Crippen LogP) is 2.88. The van der Waals surface area contributed by atoms with Crippen molar-refractivity contribution < 1.29 is 0 Å². The van der Waals surface area contributed by atoms with Crippen molar-refractivity contribution in [1.82, 2.24) is 0 Å². The second-order valence-corrected chi connectivity index (χ2v) is 5.12. The largest absolute Gasteiger partial charge is 0.330 e. The number of hydrogen-bond donors (Lipinski definition) is 1. The molecule has 70 valence electrons. The summed E-state index contributed by atoms with van der Waals surface area (Å²) < 4.78 is 0. The number of halogens is 1. The van der Waals surface area contributed by atoms with E-state index in [0.717, 1.165) is 5.02 Å². The minimum atomic E-state index is 0.471. The van der Waals surface area contributed by atoms with Gasteiger partial charge in [-0.05, 0) is 11.6 Å². The van der Waals surface area contributed by atoms with Crippen LogP contribution >= 0.6 is 23.4 Å². The number of nitrogens with two attached hydrogens (primary N) is 1. The normalized spacial score (nSPS) is 26.1. The van der Waals surface area contributed by atoms with Gasteiger partial charge in [0.1, 0.15) is 0 Å². The van der Waals surface area contributed by atoms with Crippen molar-refractivity contribution in [1.29, 1.82) is 0 Å². The van der Waals surface area contributed by atoms with Crippen molar-refractivity contribution in [2.24, 2.45) is 5.73 Å². The first-order valence-electron chi connectivity index (χ1n) is 4.39. The second kappa shape index (κ2) is 3.52. The summed E-state index contributed by atoms with van der Waals surface area (Å²) in [5.74, 6) is 0.471. The minimum Gasteiger partial charge on any atom is -0.330 e. The summed E-state index contributed by atoms with van der Waals surface area (Å²) in [4.78, 5) is 1.23. The van der Waals surface area contributed by atoms with E-state index in [1.807, 2.05) is 23.9 Å². The van der Waals surface area contributed by atoms with Crippen molar-refractivity contribution in [2.45, 2.75) is 23.0 Å². The highest BCUT2D eigenvalue weighted by molar-refractivity contribution is 8.00. The maximum atomic E-state index is 6.10. The Morgan fingerprint density at radius 2 is 2.31 bits per heavy atom. The van der Waals surface area contributed by atoms with Crippen LogP contribution in [0.3, 0.4) is 0 Å². The smallest absolute Gasteiger partial charge is 0.0544 e. The second-order valence-electron chi connectivity index (χ2n) is 3.32. The lowest BCUT2D eigenvalue weighted by atomic mass is 9.97. The van der Waals surface area contributed by atoms with Crippen LogP contribution in [0.1, 0.15) is 18.4 Å². The van der Waals surface area contributed by atoms with Gasteiger partial charge in [0.15, 0.2) is 0 Å². The summed E-state index contributed by atoms with van der Waals surface area (Å²) in [5, 5.41) is 1.42. The van der Waals surface area contributed by atoms with Gasteiger partial charge in [0.25, 0.3) is 0 Å².